The summed E-state index contributed by atoms with van der Waals surface area (Å²) in [6.45, 7) is 30.0. The van der Waals surface area contributed by atoms with Crippen molar-refractivity contribution in [3.8, 4) is 0 Å². The molecule has 1 saturated heterocycles. The summed E-state index contributed by atoms with van der Waals surface area (Å²) in [5.41, 5.74) is 1.10. The van der Waals surface area contributed by atoms with Crippen LogP contribution < -0.4 is 0 Å². The van der Waals surface area contributed by atoms with Gasteiger partial charge in [0.1, 0.15) is 19.5 Å². The van der Waals surface area contributed by atoms with Crippen LogP contribution in [0.15, 0.2) is 60.9 Å². The Morgan fingerprint density at radius 1 is 0.763 bits per heavy atom. The zero-order valence-corrected chi connectivity index (χ0v) is 34.5. The Labute approximate surface area is 372 Å². The fourth-order valence-electron chi connectivity index (χ4n) is 3.27. The van der Waals surface area contributed by atoms with Crippen LogP contribution in [0, 0.1) is 5.92 Å². The average Bonchev–Trinajstić information content (AvgIpc) is 3.66. The summed E-state index contributed by atoms with van der Waals surface area (Å²) in [4.78, 5) is 14.5. The molecule has 0 aromatic carbocycles. The summed E-state index contributed by atoms with van der Waals surface area (Å²) >= 11 is 3.27. The summed E-state index contributed by atoms with van der Waals surface area (Å²) in [5.74, 6) is 0.568. The van der Waals surface area contributed by atoms with Gasteiger partial charge in [-0.2, -0.15) is 0 Å². The Bertz CT molecular complexity index is 818. The van der Waals surface area contributed by atoms with E-state index in [2.05, 4.69) is 52.6 Å². The van der Waals surface area contributed by atoms with Crippen molar-refractivity contribution in [2.45, 2.75) is 117 Å². The Morgan fingerprint density at radius 3 is 1.59 bits per heavy atom. The molecule has 0 aromatic heterocycles. The highest BCUT2D eigenvalue weighted by Gasteiger charge is 2.26. The summed E-state index contributed by atoms with van der Waals surface area (Å²) in [7, 11) is 0. The van der Waals surface area contributed by atoms with Crippen molar-refractivity contribution in [1.29, 1.82) is 0 Å². The second-order valence-corrected chi connectivity index (χ2v) is 10.6. The van der Waals surface area contributed by atoms with E-state index in [0.717, 1.165) is 56.2 Å². The van der Waals surface area contributed by atoms with E-state index in [9.17, 15) is 4.79 Å². The molecule has 0 aliphatic carbocycles. The number of carbonyl (C=O) groups is 1. The molecule has 0 bridgehead atoms. The monoisotopic (exact) mass is 923 g/mol. The largest absolute Gasteiger partial charge is 0.411 e. The van der Waals surface area contributed by atoms with Gasteiger partial charge >= 0.3 is 0 Å². The minimum Gasteiger partial charge on any atom is -0.411 e. The van der Waals surface area contributed by atoms with Crippen LogP contribution in [0.4, 0.5) is 0 Å². The molecule has 360 valence electrons. The molecular weight excluding hydrogens is 828 g/mol. The molecular formula is C44H95BrN2O12. The van der Waals surface area contributed by atoms with E-state index in [1.165, 1.54) is 6.21 Å². The van der Waals surface area contributed by atoms with Crippen LogP contribution >= 0.6 is 15.9 Å². The number of halogens is 1. The highest BCUT2D eigenvalue weighted by molar-refractivity contribution is 9.09. The number of hydrogen-bond donors (Lipinski definition) is 2. The normalized spacial score (nSPS) is 12.3. The topological polar surface area (TPSA) is 165 Å². The fraction of sp³-hybridized carbons (Fsp3) is 0.750. The molecule has 15 heteroatoms. The lowest BCUT2D eigenvalue weighted by Gasteiger charge is -2.16. The van der Waals surface area contributed by atoms with Gasteiger partial charge in [0.15, 0.2) is 12.6 Å². The Kier molecular flexibility index (Phi) is 104. The summed E-state index contributed by atoms with van der Waals surface area (Å²) in [5, 5.41) is 23.2. The van der Waals surface area contributed by atoms with Crippen molar-refractivity contribution in [3.05, 3.63) is 50.6 Å². The van der Waals surface area contributed by atoms with Gasteiger partial charge in [0.25, 0.3) is 0 Å². The molecule has 0 aromatic rings. The second-order valence-electron chi connectivity index (χ2n) is 9.97. The molecule has 2 heterocycles. The number of carbonyl (C=O) groups excluding carboxylic acids is 1. The van der Waals surface area contributed by atoms with E-state index in [4.69, 9.17) is 53.0 Å². The van der Waals surface area contributed by atoms with Crippen LogP contribution in [0.5, 0.6) is 0 Å². The number of aldehydes is 1. The van der Waals surface area contributed by atoms with Gasteiger partial charge in [0.05, 0.1) is 56.9 Å². The zero-order chi connectivity index (χ0) is 40.5. The molecule has 1 fully saturated rings. The number of ether oxygens (including phenoxy) is 8. The molecule has 2 aliphatic rings. The van der Waals surface area contributed by atoms with Gasteiger partial charge in [-0.15, -0.1) is 26.3 Å². The van der Waals surface area contributed by atoms with Crippen molar-refractivity contribution in [3.63, 3.8) is 0 Å². The third kappa shape index (κ3) is 70.6. The van der Waals surface area contributed by atoms with Gasteiger partial charge in [-0.1, -0.05) is 95.1 Å². The maximum absolute atomic E-state index is 9.62. The molecule has 2 aliphatic heterocycles. The average molecular weight is 924 g/mol. The van der Waals surface area contributed by atoms with E-state index >= 15 is 0 Å². The molecule has 1 unspecified atom stereocenters. The molecule has 1 atom stereocenters. The maximum Gasteiger partial charge on any atom is 0.180 e. The van der Waals surface area contributed by atoms with Crippen LogP contribution in [-0.4, -0.2) is 139 Å². The molecule has 0 amide bonds. The zero-order valence-electron chi connectivity index (χ0n) is 32.9. The number of aliphatic hydroxyl groups excluding tert-OH is 1. The minimum atomic E-state index is -0.222. The van der Waals surface area contributed by atoms with Crippen LogP contribution in [-0.2, 0) is 47.5 Å². The Balaban J connectivity index is -0.0000000608. The highest BCUT2D eigenvalue weighted by Crippen LogP contribution is 2.18. The predicted octanol–water partition coefficient (Wildman–Crippen LogP) is 10.4. The second kappa shape index (κ2) is 76.4. The molecule has 0 spiro atoms. The third-order valence-electron chi connectivity index (χ3n) is 5.77. The van der Waals surface area contributed by atoms with Crippen LogP contribution in [0.3, 0.4) is 0 Å². The third-order valence-corrected chi connectivity index (χ3v) is 6.30. The van der Waals surface area contributed by atoms with E-state index in [1.807, 2.05) is 33.8 Å². The van der Waals surface area contributed by atoms with Gasteiger partial charge in [-0.05, 0) is 59.8 Å². The molecule has 0 saturated carbocycles. The number of oxime groups is 2. The predicted molar refractivity (Wildman–Crippen MR) is 256 cm³/mol. The van der Waals surface area contributed by atoms with Gasteiger partial charge in [-0.25, -0.2) is 0 Å². The van der Waals surface area contributed by atoms with E-state index in [1.54, 1.807) is 18.2 Å². The molecule has 2 rings (SSSR count). The molecule has 59 heavy (non-hydrogen) atoms. The first-order chi connectivity index (χ1) is 25.9. The van der Waals surface area contributed by atoms with E-state index < -0.39 is 0 Å². The molecule has 0 radical (unpaired) electrons. The lowest BCUT2D eigenvalue weighted by atomic mass is 10.0. The first-order valence-corrected chi connectivity index (χ1v) is 19.2. The number of nitrogens with zero attached hydrogens (tertiary/aromatic N) is 2. The van der Waals surface area contributed by atoms with Crippen molar-refractivity contribution in [1.82, 2.24) is 0 Å². The first kappa shape index (κ1) is 80.7. The van der Waals surface area contributed by atoms with Crippen molar-refractivity contribution in [2.75, 3.05) is 97.8 Å². The first-order valence-electron chi connectivity index (χ1n) is 18.1. The lowest BCUT2D eigenvalue weighted by Crippen LogP contribution is -2.26. The SMILES string of the molecule is C.C.C.C.C.C.C1CC2CON=C2CO1.C=CCCO.C=CCCOC/C=N/O.C=CCCOCC(OCC)OCC.C=CCCOCC=O.CCOC(CBr)OCC. The van der Waals surface area contributed by atoms with Crippen LogP contribution in [0.2, 0.25) is 0 Å². The standard InChI is InChI=1S/C10H20O3.C6H13BrO2.C6H9NO2.C6H11NO2.C6H10O2.C4H8O.6CH4/c1-4-7-8-11-9-10(12-5-2)13-6-3;1-3-8-6(5-7)9-4-2;1-2-8-4-6-5(1)3-9-7-6;1-2-3-5-9-6-4-7-8;1-2-3-5-8-6-4-7;1-2-3-4-5;;;;;;/h4,10H,1,5-9H2,2-3H3;6H,3-5H2,1-2H3;5H,1-4H2;2,4,8H,1,3,5-6H2;2,4H,1,3,5-6H2;2,5H,1,3-4H2;6*1H4/b;;;7-4+;;;;;;;;. The summed E-state index contributed by atoms with van der Waals surface area (Å²) in [6, 6.07) is 0. The molecule has 2 N–H and O–H groups in total. The number of alkyl halides is 1. The maximum atomic E-state index is 9.62. The van der Waals surface area contributed by atoms with E-state index in [0.29, 0.717) is 78.4 Å². The van der Waals surface area contributed by atoms with Gasteiger partial charge in [-0.3, -0.25) is 0 Å². The van der Waals surface area contributed by atoms with Gasteiger partial charge in [0, 0.05) is 45.6 Å². The van der Waals surface area contributed by atoms with Gasteiger partial charge in [0.2, 0.25) is 0 Å². The quantitative estimate of drug-likeness (QED) is 0.0123. The Hall–Kier alpha value is -2.31. The smallest absolute Gasteiger partial charge is 0.180 e. The van der Waals surface area contributed by atoms with Gasteiger partial charge < -0.3 is 57.8 Å². The van der Waals surface area contributed by atoms with E-state index in [-0.39, 0.29) is 70.4 Å². The lowest BCUT2D eigenvalue weighted by molar-refractivity contribution is -0.166. The van der Waals surface area contributed by atoms with Crippen LogP contribution in [0.25, 0.3) is 0 Å². The fourth-order valence-corrected chi connectivity index (χ4v) is 3.65. The number of rotatable bonds is 26. The van der Waals surface area contributed by atoms with Crippen molar-refractivity contribution in [2.24, 2.45) is 16.2 Å². The van der Waals surface area contributed by atoms with Crippen molar-refractivity contribution < 1.29 is 57.8 Å². The minimum absolute atomic E-state index is 0. The summed E-state index contributed by atoms with van der Waals surface area (Å²) in [6.07, 6.45) is 13.1. The molecule has 14 nitrogen and oxygen atoms in total. The number of fused-ring (bicyclic) bond motifs is 1. The number of hydrogen-bond acceptors (Lipinski definition) is 14. The van der Waals surface area contributed by atoms with Crippen molar-refractivity contribution >= 4 is 34.1 Å². The van der Waals surface area contributed by atoms with Crippen LogP contribution in [0.1, 0.15) is 104 Å². The Morgan fingerprint density at radius 2 is 1.22 bits per heavy atom. The highest BCUT2D eigenvalue weighted by atomic mass is 79.9. The number of aliphatic hydroxyl groups is 1. The summed E-state index contributed by atoms with van der Waals surface area (Å²) < 4.78 is 41.1.